The Morgan fingerprint density at radius 3 is 2.59 bits per heavy atom. The molecule has 0 spiro atoms. The first kappa shape index (κ1) is 16.1. The number of nitrogens with zero attached hydrogens (tertiary/aromatic N) is 1. The maximum absolute atomic E-state index is 11.4. The first-order valence-electron chi connectivity index (χ1n) is 6.00. The molecule has 0 unspecified atom stereocenters. The van der Waals surface area contributed by atoms with Crippen LogP contribution in [0.3, 0.4) is 0 Å². The minimum atomic E-state index is 0.0103. The third-order valence-electron chi connectivity index (χ3n) is 2.36. The molecule has 0 aliphatic carbocycles. The molecule has 5 nitrogen and oxygen atoms in total. The second-order valence-electron chi connectivity index (χ2n) is 4.24. The monoisotopic (exact) mass is 244 g/mol. The fourth-order valence-electron chi connectivity index (χ4n) is 1.43. The van der Waals surface area contributed by atoms with Crippen molar-refractivity contribution in [3.63, 3.8) is 0 Å². The van der Waals surface area contributed by atoms with E-state index in [9.17, 15) is 9.59 Å². The summed E-state index contributed by atoms with van der Waals surface area (Å²) in [5.41, 5.74) is 0. The van der Waals surface area contributed by atoms with Gasteiger partial charge in [-0.05, 0) is 33.4 Å². The highest BCUT2D eigenvalue weighted by molar-refractivity contribution is 5.77. The molecular formula is C12H24N2O3. The largest absolute Gasteiger partial charge is 0.383 e. The lowest BCUT2D eigenvalue weighted by Gasteiger charge is -2.15. The number of Topliss-reactive ketones (excluding diaryl/α,β-unsaturated/α-hetero) is 1. The van der Waals surface area contributed by atoms with Crippen molar-refractivity contribution >= 4 is 11.7 Å². The zero-order chi connectivity index (χ0) is 13.1. The molecule has 5 heteroatoms. The van der Waals surface area contributed by atoms with Gasteiger partial charge in [-0.1, -0.05) is 0 Å². The fourth-order valence-corrected chi connectivity index (χ4v) is 1.43. The minimum Gasteiger partial charge on any atom is -0.383 e. The van der Waals surface area contributed by atoms with E-state index in [0.717, 1.165) is 19.4 Å². The van der Waals surface area contributed by atoms with Gasteiger partial charge in [0, 0.05) is 20.1 Å². The van der Waals surface area contributed by atoms with Gasteiger partial charge < -0.3 is 14.8 Å². The van der Waals surface area contributed by atoms with Crippen molar-refractivity contribution in [3.8, 4) is 0 Å². The van der Waals surface area contributed by atoms with Crippen molar-refractivity contribution in [1.82, 2.24) is 10.2 Å². The molecule has 0 bridgehead atoms. The zero-order valence-electron chi connectivity index (χ0n) is 11.1. The topological polar surface area (TPSA) is 58.6 Å². The third-order valence-corrected chi connectivity index (χ3v) is 2.36. The Balaban J connectivity index is 3.46. The standard InChI is InChI=1S/C12H24N2O3/c1-11(15)6-4-5-8-14(2)10-12(16)13-7-9-17-3/h4-10H2,1-3H3,(H,13,16). The molecule has 17 heavy (non-hydrogen) atoms. The maximum Gasteiger partial charge on any atom is 0.234 e. The van der Waals surface area contributed by atoms with Gasteiger partial charge in [-0.25, -0.2) is 0 Å². The van der Waals surface area contributed by atoms with E-state index in [0.29, 0.717) is 26.1 Å². The summed E-state index contributed by atoms with van der Waals surface area (Å²) in [5, 5.41) is 2.76. The molecule has 0 aliphatic heterocycles. The summed E-state index contributed by atoms with van der Waals surface area (Å²) in [6, 6.07) is 0. The van der Waals surface area contributed by atoms with Gasteiger partial charge in [0.15, 0.2) is 0 Å². The summed E-state index contributed by atoms with van der Waals surface area (Å²) in [6.45, 7) is 3.92. The highest BCUT2D eigenvalue weighted by Crippen LogP contribution is 1.97. The van der Waals surface area contributed by atoms with E-state index in [2.05, 4.69) is 5.32 Å². The van der Waals surface area contributed by atoms with Crippen LogP contribution in [0.2, 0.25) is 0 Å². The van der Waals surface area contributed by atoms with Crippen molar-refractivity contribution in [2.24, 2.45) is 0 Å². The van der Waals surface area contributed by atoms with Crippen LogP contribution in [-0.4, -0.2) is 57.0 Å². The van der Waals surface area contributed by atoms with Crippen LogP contribution in [0.1, 0.15) is 26.2 Å². The number of nitrogens with one attached hydrogen (secondary N) is 1. The van der Waals surface area contributed by atoms with Gasteiger partial charge in [0.1, 0.15) is 5.78 Å². The van der Waals surface area contributed by atoms with Gasteiger partial charge in [-0.15, -0.1) is 0 Å². The normalized spacial score (nSPS) is 10.6. The summed E-state index contributed by atoms with van der Waals surface area (Å²) in [5.74, 6) is 0.237. The first-order valence-corrected chi connectivity index (χ1v) is 6.00. The number of hydrogen-bond acceptors (Lipinski definition) is 4. The van der Waals surface area contributed by atoms with E-state index in [-0.39, 0.29) is 11.7 Å². The molecule has 0 aromatic carbocycles. The Labute approximate surface area is 103 Å². The zero-order valence-corrected chi connectivity index (χ0v) is 11.1. The van der Waals surface area contributed by atoms with Gasteiger partial charge >= 0.3 is 0 Å². The van der Waals surface area contributed by atoms with Crippen LogP contribution in [0.5, 0.6) is 0 Å². The van der Waals surface area contributed by atoms with Gasteiger partial charge in [-0.2, -0.15) is 0 Å². The fraction of sp³-hybridized carbons (Fsp3) is 0.833. The van der Waals surface area contributed by atoms with Crippen LogP contribution >= 0.6 is 0 Å². The lowest BCUT2D eigenvalue weighted by molar-refractivity contribution is -0.122. The van der Waals surface area contributed by atoms with Crippen LogP contribution in [0, 0.1) is 0 Å². The molecule has 0 rings (SSSR count). The van der Waals surface area contributed by atoms with Gasteiger partial charge in [0.05, 0.1) is 13.2 Å². The number of hydrogen-bond donors (Lipinski definition) is 1. The Morgan fingerprint density at radius 1 is 1.29 bits per heavy atom. The SMILES string of the molecule is COCCNC(=O)CN(C)CCCCC(C)=O. The van der Waals surface area contributed by atoms with E-state index in [4.69, 9.17) is 4.74 Å². The van der Waals surface area contributed by atoms with Crippen LogP contribution in [0.25, 0.3) is 0 Å². The lowest BCUT2D eigenvalue weighted by atomic mass is 10.2. The summed E-state index contributed by atoms with van der Waals surface area (Å²) < 4.78 is 4.84. The van der Waals surface area contributed by atoms with E-state index < -0.39 is 0 Å². The Morgan fingerprint density at radius 2 is 2.00 bits per heavy atom. The Bertz CT molecular complexity index is 232. The maximum atomic E-state index is 11.4. The van der Waals surface area contributed by atoms with Crippen LogP contribution in [0.15, 0.2) is 0 Å². The molecule has 0 atom stereocenters. The number of ketones is 1. The molecular weight excluding hydrogens is 220 g/mol. The molecule has 0 aromatic heterocycles. The molecule has 0 saturated carbocycles. The number of carbonyl (C=O) groups is 2. The van der Waals surface area contributed by atoms with Crippen molar-refractivity contribution in [3.05, 3.63) is 0 Å². The average Bonchev–Trinajstić information content (AvgIpc) is 2.24. The van der Waals surface area contributed by atoms with E-state index in [1.54, 1.807) is 14.0 Å². The average molecular weight is 244 g/mol. The van der Waals surface area contributed by atoms with E-state index in [1.807, 2.05) is 11.9 Å². The van der Waals surface area contributed by atoms with Crippen molar-refractivity contribution < 1.29 is 14.3 Å². The molecule has 0 fully saturated rings. The summed E-state index contributed by atoms with van der Waals surface area (Å²) in [6.07, 6.45) is 2.47. The van der Waals surface area contributed by atoms with Crippen molar-refractivity contribution in [1.29, 1.82) is 0 Å². The quantitative estimate of drug-likeness (QED) is 0.567. The Hall–Kier alpha value is -0.940. The molecule has 0 radical (unpaired) electrons. The van der Waals surface area contributed by atoms with Crippen molar-refractivity contribution in [2.75, 3.05) is 40.4 Å². The van der Waals surface area contributed by atoms with Crippen LogP contribution in [-0.2, 0) is 14.3 Å². The first-order chi connectivity index (χ1) is 8.06. The predicted molar refractivity (Wildman–Crippen MR) is 66.9 cm³/mol. The van der Waals surface area contributed by atoms with E-state index in [1.165, 1.54) is 0 Å². The number of unbranched alkanes of at least 4 members (excludes halogenated alkanes) is 1. The van der Waals surface area contributed by atoms with Gasteiger partial charge in [0.2, 0.25) is 5.91 Å². The summed E-state index contributed by atoms with van der Waals surface area (Å²) in [7, 11) is 3.51. The summed E-state index contributed by atoms with van der Waals surface area (Å²) in [4.78, 5) is 24.1. The smallest absolute Gasteiger partial charge is 0.234 e. The molecule has 100 valence electrons. The summed E-state index contributed by atoms with van der Waals surface area (Å²) >= 11 is 0. The highest BCUT2D eigenvalue weighted by Gasteiger charge is 2.05. The number of carbonyl (C=O) groups excluding carboxylic acids is 2. The molecule has 0 aliphatic rings. The molecule has 0 aromatic rings. The van der Waals surface area contributed by atoms with Crippen molar-refractivity contribution in [2.45, 2.75) is 26.2 Å². The number of ether oxygens (including phenoxy) is 1. The lowest BCUT2D eigenvalue weighted by Crippen LogP contribution is -2.37. The number of methoxy groups -OCH3 is 1. The van der Waals surface area contributed by atoms with E-state index >= 15 is 0 Å². The molecule has 1 N–H and O–H groups in total. The highest BCUT2D eigenvalue weighted by atomic mass is 16.5. The second-order valence-corrected chi connectivity index (χ2v) is 4.24. The number of likely N-dealkylation sites (N-methyl/N-ethyl adjacent to an activating group) is 1. The minimum absolute atomic E-state index is 0.0103. The Kier molecular flexibility index (Phi) is 9.66. The van der Waals surface area contributed by atoms with Crippen LogP contribution in [0.4, 0.5) is 0 Å². The van der Waals surface area contributed by atoms with Crippen LogP contribution < -0.4 is 5.32 Å². The predicted octanol–water partition coefficient (Wildman–Crippen LogP) is 0.440. The molecule has 1 amide bonds. The second kappa shape index (κ2) is 10.2. The van der Waals surface area contributed by atoms with Gasteiger partial charge in [0.25, 0.3) is 0 Å². The molecule has 0 saturated heterocycles. The number of rotatable bonds is 10. The molecule has 0 heterocycles. The van der Waals surface area contributed by atoms with Gasteiger partial charge in [-0.3, -0.25) is 9.69 Å². The third kappa shape index (κ3) is 11.3. The number of amides is 1.